The summed E-state index contributed by atoms with van der Waals surface area (Å²) in [5.74, 6) is 0.285. The van der Waals surface area contributed by atoms with Gasteiger partial charge in [0.1, 0.15) is 0 Å². The summed E-state index contributed by atoms with van der Waals surface area (Å²) >= 11 is 0. The standard InChI is InChI=1S/C8H14F3N.ClH/c9-8(10,11)4-1-7-2-5-12-6-3-7;/h7,12H,1-6H2;1H. The summed E-state index contributed by atoms with van der Waals surface area (Å²) in [7, 11) is 0. The molecule has 1 rings (SSSR count). The molecule has 0 spiro atoms. The lowest BCUT2D eigenvalue weighted by Gasteiger charge is -2.22. The van der Waals surface area contributed by atoms with Gasteiger partial charge in [-0.1, -0.05) is 0 Å². The van der Waals surface area contributed by atoms with Crippen LogP contribution in [0, 0.1) is 5.92 Å². The third-order valence-electron chi connectivity index (χ3n) is 2.29. The SMILES string of the molecule is Cl.FC(F)(F)CCC1CCNCC1. The van der Waals surface area contributed by atoms with Crippen LogP contribution in [0.1, 0.15) is 25.7 Å². The minimum Gasteiger partial charge on any atom is -0.317 e. The molecular formula is C8H15ClF3N. The first kappa shape index (κ1) is 13.0. The quantitative estimate of drug-likeness (QED) is 0.750. The molecule has 0 aliphatic carbocycles. The lowest BCUT2D eigenvalue weighted by Crippen LogP contribution is -2.28. The predicted molar refractivity (Wildman–Crippen MR) is 48.1 cm³/mol. The van der Waals surface area contributed by atoms with E-state index in [9.17, 15) is 13.2 Å². The highest BCUT2D eigenvalue weighted by molar-refractivity contribution is 5.85. The molecule has 1 aliphatic heterocycles. The molecule has 13 heavy (non-hydrogen) atoms. The van der Waals surface area contributed by atoms with Gasteiger partial charge in [0.05, 0.1) is 0 Å². The van der Waals surface area contributed by atoms with Crippen LogP contribution in [0.2, 0.25) is 0 Å². The van der Waals surface area contributed by atoms with E-state index in [0.717, 1.165) is 25.9 Å². The summed E-state index contributed by atoms with van der Waals surface area (Å²) in [6.07, 6.45) is -2.47. The second-order valence-electron chi connectivity index (χ2n) is 3.35. The number of nitrogens with one attached hydrogen (secondary N) is 1. The summed E-state index contributed by atoms with van der Waals surface area (Å²) < 4.78 is 35.4. The van der Waals surface area contributed by atoms with Crippen LogP contribution in [0.4, 0.5) is 13.2 Å². The van der Waals surface area contributed by atoms with Gasteiger partial charge in [-0.3, -0.25) is 0 Å². The van der Waals surface area contributed by atoms with E-state index in [1.807, 2.05) is 0 Å². The van der Waals surface area contributed by atoms with E-state index in [1.165, 1.54) is 0 Å². The molecular weight excluding hydrogens is 203 g/mol. The molecule has 0 aromatic carbocycles. The summed E-state index contributed by atoms with van der Waals surface area (Å²) in [5.41, 5.74) is 0. The van der Waals surface area contributed by atoms with Gasteiger partial charge >= 0.3 is 6.18 Å². The lowest BCUT2D eigenvalue weighted by atomic mass is 9.93. The number of hydrogen-bond acceptors (Lipinski definition) is 1. The fourth-order valence-electron chi connectivity index (χ4n) is 1.54. The van der Waals surface area contributed by atoms with Crippen LogP contribution in [0.25, 0.3) is 0 Å². The molecule has 0 aromatic heterocycles. The minimum atomic E-state index is -3.97. The van der Waals surface area contributed by atoms with Crippen molar-refractivity contribution in [1.29, 1.82) is 0 Å². The van der Waals surface area contributed by atoms with Gasteiger partial charge in [-0.25, -0.2) is 0 Å². The van der Waals surface area contributed by atoms with Crippen molar-refractivity contribution < 1.29 is 13.2 Å². The van der Waals surface area contributed by atoms with Crippen molar-refractivity contribution in [2.75, 3.05) is 13.1 Å². The van der Waals surface area contributed by atoms with E-state index in [4.69, 9.17) is 0 Å². The molecule has 1 N–H and O–H groups in total. The second-order valence-corrected chi connectivity index (χ2v) is 3.35. The second kappa shape index (κ2) is 5.70. The molecule has 0 saturated carbocycles. The van der Waals surface area contributed by atoms with Crippen LogP contribution in [0.15, 0.2) is 0 Å². The maximum absolute atomic E-state index is 11.8. The average molecular weight is 218 g/mol. The molecule has 5 heteroatoms. The molecule has 1 heterocycles. The molecule has 80 valence electrons. The largest absolute Gasteiger partial charge is 0.389 e. The fraction of sp³-hybridized carbons (Fsp3) is 1.00. The number of halogens is 4. The van der Waals surface area contributed by atoms with Crippen LogP contribution in [-0.4, -0.2) is 19.3 Å². The van der Waals surface area contributed by atoms with Gasteiger partial charge in [-0.05, 0) is 38.3 Å². The van der Waals surface area contributed by atoms with E-state index < -0.39 is 12.6 Å². The Balaban J connectivity index is 0.00000144. The van der Waals surface area contributed by atoms with Crippen molar-refractivity contribution in [3.63, 3.8) is 0 Å². The molecule has 1 aliphatic rings. The molecule has 0 unspecified atom stereocenters. The zero-order chi connectivity index (χ0) is 9.03. The monoisotopic (exact) mass is 217 g/mol. The molecule has 0 bridgehead atoms. The Morgan fingerprint density at radius 2 is 1.69 bits per heavy atom. The van der Waals surface area contributed by atoms with Gasteiger partial charge in [0.25, 0.3) is 0 Å². The van der Waals surface area contributed by atoms with Gasteiger partial charge in [0.2, 0.25) is 0 Å². The highest BCUT2D eigenvalue weighted by atomic mass is 35.5. The van der Waals surface area contributed by atoms with Gasteiger partial charge in [0.15, 0.2) is 0 Å². The summed E-state index contributed by atoms with van der Waals surface area (Å²) in [5, 5.41) is 3.13. The smallest absolute Gasteiger partial charge is 0.317 e. The first-order chi connectivity index (χ1) is 5.58. The van der Waals surface area contributed by atoms with Crippen molar-refractivity contribution >= 4 is 12.4 Å². The van der Waals surface area contributed by atoms with Crippen LogP contribution in [0.5, 0.6) is 0 Å². The third kappa shape index (κ3) is 6.16. The van der Waals surface area contributed by atoms with Crippen molar-refractivity contribution in [3.05, 3.63) is 0 Å². The van der Waals surface area contributed by atoms with Crippen molar-refractivity contribution in [1.82, 2.24) is 5.32 Å². The highest BCUT2D eigenvalue weighted by Gasteiger charge is 2.28. The van der Waals surface area contributed by atoms with Crippen LogP contribution < -0.4 is 5.32 Å². The van der Waals surface area contributed by atoms with Gasteiger partial charge in [-0.15, -0.1) is 12.4 Å². The zero-order valence-corrected chi connectivity index (χ0v) is 8.18. The van der Waals surface area contributed by atoms with E-state index in [2.05, 4.69) is 5.32 Å². The molecule has 0 radical (unpaired) electrons. The lowest BCUT2D eigenvalue weighted by molar-refractivity contribution is -0.138. The third-order valence-corrected chi connectivity index (χ3v) is 2.29. The fourth-order valence-corrected chi connectivity index (χ4v) is 1.54. The Bertz CT molecular complexity index is 132. The van der Waals surface area contributed by atoms with Crippen LogP contribution >= 0.6 is 12.4 Å². The molecule has 1 fully saturated rings. The van der Waals surface area contributed by atoms with Crippen LogP contribution in [0.3, 0.4) is 0 Å². The Hall–Kier alpha value is 0.0400. The zero-order valence-electron chi connectivity index (χ0n) is 7.36. The highest BCUT2D eigenvalue weighted by Crippen LogP contribution is 2.27. The maximum Gasteiger partial charge on any atom is 0.389 e. The Kier molecular flexibility index (Phi) is 5.72. The van der Waals surface area contributed by atoms with Crippen molar-refractivity contribution in [2.24, 2.45) is 5.92 Å². The van der Waals surface area contributed by atoms with E-state index in [1.54, 1.807) is 0 Å². The Morgan fingerprint density at radius 1 is 1.15 bits per heavy atom. The summed E-state index contributed by atoms with van der Waals surface area (Å²) in [4.78, 5) is 0. The Labute approximate surface area is 82.5 Å². The van der Waals surface area contributed by atoms with Crippen molar-refractivity contribution in [3.8, 4) is 0 Å². The number of hydrogen-bond donors (Lipinski definition) is 1. The van der Waals surface area contributed by atoms with E-state index >= 15 is 0 Å². The molecule has 0 aromatic rings. The van der Waals surface area contributed by atoms with Crippen LogP contribution in [-0.2, 0) is 0 Å². The topological polar surface area (TPSA) is 12.0 Å². The molecule has 0 amide bonds. The first-order valence-electron chi connectivity index (χ1n) is 4.35. The summed E-state index contributed by atoms with van der Waals surface area (Å²) in [6.45, 7) is 1.76. The van der Waals surface area contributed by atoms with E-state index in [0.29, 0.717) is 6.42 Å². The number of piperidine rings is 1. The predicted octanol–water partition coefficient (Wildman–Crippen LogP) is 2.75. The van der Waals surface area contributed by atoms with E-state index in [-0.39, 0.29) is 18.3 Å². The van der Waals surface area contributed by atoms with Gasteiger partial charge in [-0.2, -0.15) is 13.2 Å². The minimum absolute atomic E-state index is 0. The maximum atomic E-state index is 11.8. The number of alkyl halides is 3. The summed E-state index contributed by atoms with van der Waals surface area (Å²) in [6, 6.07) is 0. The number of rotatable bonds is 2. The Morgan fingerprint density at radius 3 is 2.15 bits per heavy atom. The molecule has 1 nitrogen and oxygen atoms in total. The van der Waals surface area contributed by atoms with Gasteiger partial charge < -0.3 is 5.32 Å². The molecule has 1 saturated heterocycles. The normalized spacial score (nSPS) is 19.6. The van der Waals surface area contributed by atoms with Gasteiger partial charge in [0, 0.05) is 6.42 Å². The first-order valence-corrected chi connectivity index (χ1v) is 4.35. The average Bonchev–Trinajstić information content (AvgIpc) is 2.02. The molecule has 0 atom stereocenters. The van der Waals surface area contributed by atoms with Crippen molar-refractivity contribution in [2.45, 2.75) is 31.9 Å².